The Morgan fingerprint density at radius 2 is 1.94 bits per heavy atom. The zero-order valence-electron chi connectivity index (χ0n) is 10.8. The Kier molecular flexibility index (Phi) is 5.19. The third kappa shape index (κ3) is 2.73. The van der Waals surface area contributed by atoms with E-state index in [1.54, 1.807) is 0 Å². The van der Waals surface area contributed by atoms with E-state index < -0.39 is 0 Å². The highest BCUT2D eigenvalue weighted by Gasteiger charge is 2.19. The number of nitrogens with one attached hydrogen (secondary N) is 1. The summed E-state index contributed by atoms with van der Waals surface area (Å²) in [6.45, 7) is 8.91. The first-order valence-electron chi connectivity index (χ1n) is 6.31. The van der Waals surface area contributed by atoms with Crippen LogP contribution in [-0.2, 0) is 6.42 Å². The van der Waals surface area contributed by atoms with Gasteiger partial charge in [-0.15, -0.1) is 0 Å². The molecule has 0 aliphatic rings. The predicted molar refractivity (Wildman–Crippen MR) is 70.2 cm³/mol. The quantitative estimate of drug-likeness (QED) is 0.767. The van der Waals surface area contributed by atoms with Gasteiger partial charge in [-0.2, -0.15) is 5.10 Å². The number of aromatic amines is 1. The van der Waals surface area contributed by atoms with Crippen LogP contribution in [0.25, 0.3) is 0 Å². The van der Waals surface area contributed by atoms with Gasteiger partial charge in [0.15, 0.2) is 4.77 Å². The van der Waals surface area contributed by atoms with Gasteiger partial charge in [0.05, 0.1) is 0 Å². The fraction of sp³-hybridized carbons (Fsp3) is 0.833. The minimum Gasteiger partial charge on any atom is -0.301 e. The molecule has 0 saturated carbocycles. The predicted octanol–water partition coefficient (Wildman–Crippen LogP) is 3.89. The molecule has 1 unspecified atom stereocenters. The average molecular weight is 241 g/mol. The van der Waals surface area contributed by atoms with Crippen molar-refractivity contribution in [3.05, 3.63) is 10.6 Å². The molecule has 16 heavy (non-hydrogen) atoms. The highest BCUT2D eigenvalue weighted by molar-refractivity contribution is 7.71. The molecule has 1 aromatic rings. The summed E-state index contributed by atoms with van der Waals surface area (Å²) < 4.78 is 2.97. The van der Waals surface area contributed by atoms with E-state index in [9.17, 15) is 0 Å². The molecule has 0 fully saturated rings. The lowest BCUT2D eigenvalue weighted by molar-refractivity contribution is 0.323. The minimum atomic E-state index is 0.447. The molecule has 0 spiro atoms. The van der Waals surface area contributed by atoms with Gasteiger partial charge in [0, 0.05) is 12.5 Å². The smallest absolute Gasteiger partial charge is 0.195 e. The van der Waals surface area contributed by atoms with Crippen LogP contribution in [0.3, 0.4) is 0 Å². The Morgan fingerprint density at radius 1 is 1.31 bits per heavy atom. The average Bonchev–Trinajstić information content (AvgIpc) is 2.62. The van der Waals surface area contributed by atoms with Crippen LogP contribution in [0.5, 0.6) is 0 Å². The van der Waals surface area contributed by atoms with Crippen molar-refractivity contribution in [2.24, 2.45) is 5.92 Å². The largest absolute Gasteiger partial charge is 0.301 e. The molecular weight excluding hydrogens is 218 g/mol. The standard InChI is InChI=1S/C12H23N3S/c1-5-8-11-13-14-12(16)15(11)9(4)10(6-2)7-3/h9-10H,5-8H2,1-4H3,(H,14,16). The number of aryl methyl sites for hydroxylation is 1. The number of nitrogens with zero attached hydrogens (tertiary/aromatic N) is 2. The van der Waals surface area contributed by atoms with Crippen molar-refractivity contribution in [1.29, 1.82) is 0 Å². The van der Waals surface area contributed by atoms with Gasteiger partial charge in [-0.3, -0.25) is 5.10 Å². The Bertz CT molecular complexity index is 363. The lowest BCUT2D eigenvalue weighted by atomic mass is 9.95. The van der Waals surface area contributed by atoms with Crippen molar-refractivity contribution in [2.75, 3.05) is 0 Å². The van der Waals surface area contributed by atoms with E-state index in [1.807, 2.05) is 0 Å². The third-order valence-corrected chi connectivity index (χ3v) is 3.68. The Hall–Kier alpha value is -0.640. The van der Waals surface area contributed by atoms with Gasteiger partial charge >= 0.3 is 0 Å². The monoisotopic (exact) mass is 241 g/mol. The van der Waals surface area contributed by atoms with E-state index in [0.29, 0.717) is 12.0 Å². The maximum absolute atomic E-state index is 5.32. The lowest BCUT2D eigenvalue weighted by Crippen LogP contribution is -2.18. The summed E-state index contributed by atoms with van der Waals surface area (Å²) in [6.07, 6.45) is 4.49. The van der Waals surface area contributed by atoms with Gasteiger partial charge in [-0.05, 0) is 31.5 Å². The fourth-order valence-electron chi connectivity index (χ4n) is 2.34. The zero-order chi connectivity index (χ0) is 12.1. The summed E-state index contributed by atoms with van der Waals surface area (Å²) in [7, 11) is 0. The second kappa shape index (κ2) is 6.18. The summed E-state index contributed by atoms with van der Waals surface area (Å²) in [5, 5.41) is 7.25. The van der Waals surface area contributed by atoms with E-state index in [0.717, 1.165) is 23.4 Å². The van der Waals surface area contributed by atoms with Crippen LogP contribution < -0.4 is 0 Å². The number of H-pyrrole nitrogens is 1. The molecule has 0 amide bonds. The van der Waals surface area contributed by atoms with Crippen LogP contribution in [-0.4, -0.2) is 14.8 Å². The fourth-order valence-corrected chi connectivity index (χ4v) is 2.66. The highest BCUT2D eigenvalue weighted by atomic mass is 32.1. The highest BCUT2D eigenvalue weighted by Crippen LogP contribution is 2.25. The van der Waals surface area contributed by atoms with Gasteiger partial charge in [-0.25, -0.2) is 0 Å². The van der Waals surface area contributed by atoms with Crippen LogP contribution in [0.1, 0.15) is 58.8 Å². The normalized spacial score (nSPS) is 13.3. The van der Waals surface area contributed by atoms with Crippen LogP contribution >= 0.6 is 12.2 Å². The maximum Gasteiger partial charge on any atom is 0.195 e. The number of hydrogen-bond acceptors (Lipinski definition) is 2. The first-order valence-corrected chi connectivity index (χ1v) is 6.72. The summed E-state index contributed by atoms with van der Waals surface area (Å²) in [4.78, 5) is 0. The van der Waals surface area contributed by atoms with Crippen LogP contribution in [0.15, 0.2) is 0 Å². The second-order valence-corrected chi connectivity index (χ2v) is 4.77. The Balaban J connectivity index is 3.00. The minimum absolute atomic E-state index is 0.447. The number of rotatable bonds is 6. The molecule has 0 aliphatic heterocycles. The van der Waals surface area contributed by atoms with E-state index in [-0.39, 0.29) is 0 Å². The van der Waals surface area contributed by atoms with Gasteiger partial charge in [0.2, 0.25) is 0 Å². The first kappa shape index (κ1) is 13.4. The SMILES string of the molecule is CCCc1n[nH]c(=S)n1C(C)C(CC)CC. The molecular formula is C12H23N3S. The molecule has 1 rings (SSSR count). The van der Waals surface area contributed by atoms with E-state index in [2.05, 4.69) is 42.5 Å². The van der Waals surface area contributed by atoms with Gasteiger partial charge < -0.3 is 4.57 Å². The van der Waals surface area contributed by atoms with Crippen molar-refractivity contribution in [3.8, 4) is 0 Å². The van der Waals surface area contributed by atoms with Crippen molar-refractivity contribution in [1.82, 2.24) is 14.8 Å². The summed E-state index contributed by atoms with van der Waals surface area (Å²) in [5.41, 5.74) is 0. The van der Waals surface area contributed by atoms with Crippen molar-refractivity contribution >= 4 is 12.2 Å². The molecule has 92 valence electrons. The summed E-state index contributed by atoms with van der Waals surface area (Å²) >= 11 is 5.32. The van der Waals surface area contributed by atoms with Crippen LogP contribution in [0, 0.1) is 10.7 Å². The number of hydrogen-bond donors (Lipinski definition) is 1. The van der Waals surface area contributed by atoms with E-state index >= 15 is 0 Å². The van der Waals surface area contributed by atoms with Gasteiger partial charge in [0.25, 0.3) is 0 Å². The maximum atomic E-state index is 5.32. The van der Waals surface area contributed by atoms with Crippen molar-refractivity contribution < 1.29 is 0 Å². The molecule has 0 bridgehead atoms. The molecule has 0 radical (unpaired) electrons. The molecule has 1 aromatic heterocycles. The Morgan fingerprint density at radius 3 is 2.44 bits per heavy atom. The molecule has 0 saturated heterocycles. The zero-order valence-corrected chi connectivity index (χ0v) is 11.6. The molecule has 3 nitrogen and oxygen atoms in total. The third-order valence-electron chi connectivity index (χ3n) is 3.39. The molecule has 0 aromatic carbocycles. The van der Waals surface area contributed by atoms with Gasteiger partial charge in [0.1, 0.15) is 5.82 Å². The molecule has 1 N–H and O–H groups in total. The van der Waals surface area contributed by atoms with E-state index in [1.165, 1.54) is 12.8 Å². The molecule has 1 heterocycles. The van der Waals surface area contributed by atoms with Gasteiger partial charge in [-0.1, -0.05) is 33.6 Å². The molecule has 0 aliphatic carbocycles. The van der Waals surface area contributed by atoms with Crippen LogP contribution in [0.2, 0.25) is 0 Å². The first-order chi connectivity index (χ1) is 7.65. The van der Waals surface area contributed by atoms with E-state index in [4.69, 9.17) is 12.2 Å². The summed E-state index contributed by atoms with van der Waals surface area (Å²) in [6, 6.07) is 0.447. The topological polar surface area (TPSA) is 33.6 Å². The van der Waals surface area contributed by atoms with Crippen molar-refractivity contribution in [3.63, 3.8) is 0 Å². The Labute approximate surface area is 103 Å². The summed E-state index contributed by atoms with van der Waals surface area (Å²) in [5.74, 6) is 1.78. The lowest BCUT2D eigenvalue weighted by Gasteiger charge is -2.23. The number of aromatic nitrogens is 3. The second-order valence-electron chi connectivity index (χ2n) is 4.38. The molecule has 1 atom stereocenters. The van der Waals surface area contributed by atoms with Crippen molar-refractivity contribution in [2.45, 2.75) is 59.4 Å². The molecule has 4 heteroatoms. The van der Waals surface area contributed by atoms with Crippen LogP contribution in [0.4, 0.5) is 0 Å².